The number of amides is 1. The highest BCUT2D eigenvalue weighted by Crippen LogP contribution is 2.15. The maximum atomic E-state index is 13.6. The molecule has 1 amide bonds. The zero-order valence-electron chi connectivity index (χ0n) is 24.1. The molecule has 0 saturated heterocycles. The molecule has 224 valence electrons. The number of carbonyl (C=O) groups excluding carboxylic acids is 1. The van der Waals surface area contributed by atoms with Crippen LogP contribution in [0.3, 0.4) is 0 Å². The predicted molar refractivity (Wildman–Crippen MR) is 171 cm³/mol. The van der Waals surface area contributed by atoms with Crippen LogP contribution in [0.5, 0.6) is 0 Å². The molecule has 3 unspecified atom stereocenters. The van der Waals surface area contributed by atoms with Crippen molar-refractivity contribution in [1.82, 2.24) is 14.9 Å². The van der Waals surface area contributed by atoms with Crippen LogP contribution in [-0.2, 0) is 51.4 Å². The second-order valence-electron chi connectivity index (χ2n) is 9.72. The fourth-order valence-corrected chi connectivity index (χ4v) is 8.20. The van der Waals surface area contributed by atoms with Crippen LogP contribution in [0.1, 0.15) is 24.5 Å². The first-order valence-electron chi connectivity index (χ1n) is 13.2. The second-order valence-corrected chi connectivity index (χ2v) is 15.4. The van der Waals surface area contributed by atoms with Gasteiger partial charge >= 0.3 is 0 Å². The van der Waals surface area contributed by atoms with Crippen LogP contribution in [0.2, 0.25) is 0 Å². The average molecular weight is 620 g/mol. The summed E-state index contributed by atoms with van der Waals surface area (Å²) in [6.07, 6.45) is 5.67. The summed E-state index contributed by atoms with van der Waals surface area (Å²) in [6, 6.07) is 17.5. The van der Waals surface area contributed by atoms with Crippen LogP contribution in [-0.4, -0.2) is 68.2 Å². The number of methoxy groups -OCH3 is 1. The molecular formula is C30H41N3O5S3. The summed E-state index contributed by atoms with van der Waals surface area (Å²) in [7, 11) is -1.96. The predicted octanol–water partition coefficient (Wildman–Crippen LogP) is 3.52. The third-order valence-electron chi connectivity index (χ3n) is 6.46. The van der Waals surface area contributed by atoms with E-state index in [0.717, 1.165) is 11.1 Å². The zero-order valence-corrected chi connectivity index (χ0v) is 26.6. The fraction of sp³-hybridized carbons (Fsp3) is 0.367. The Hall–Kier alpha value is -2.99. The molecule has 0 aromatic heterocycles. The first-order chi connectivity index (χ1) is 19.4. The van der Waals surface area contributed by atoms with Gasteiger partial charge in [0.05, 0.1) is 30.4 Å². The molecule has 2 N–H and O–H groups in total. The Labute approximate surface area is 250 Å². The van der Waals surface area contributed by atoms with E-state index in [1.165, 1.54) is 18.1 Å². The number of likely N-dealkylation sites (N-methyl/N-ethyl adjacent to an activating group) is 2. The van der Waals surface area contributed by atoms with Gasteiger partial charge in [-0.05, 0) is 67.4 Å². The van der Waals surface area contributed by atoms with Crippen LogP contribution in [0.4, 0.5) is 0 Å². The molecule has 8 nitrogen and oxygen atoms in total. The van der Waals surface area contributed by atoms with E-state index in [4.69, 9.17) is 15.9 Å². The number of allylic oxidation sites excluding steroid dienone is 4. The molecule has 11 heteroatoms. The van der Waals surface area contributed by atoms with Gasteiger partial charge in [0.1, 0.15) is 5.76 Å². The molecule has 0 saturated carbocycles. The van der Waals surface area contributed by atoms with Crippen molar-refractivity contribution in [2.24, 2.45) is 0 Å². The number of hydrogen-bond donors (Lipinski definition) is 2. The normalized spacial score (nSPS) is 15.3. The molecule has 0 heterocycles. The molecule has 0 radical (unpaired) electrons. The second kappa shape index (κ2) is 16.5. The van der Waals surface area contributed by atoms with Crippen LogP contribution in [0, 0.1) is 0 Å². The van der Waals surface area contributed by atoms with Gasteiger partial charge in [0.2, 0.25) is 15.9 Å². The van der Waals surface area contributed by atoms with E-state index in [1.54, 1.807) is 33.2 Å². The van der Waals surface area contributed by atoms with E-state index in [-0.39, 0.29) is 23.2 Å². The smallest absolute Gasteiger partial charge is 0.240 e. The minimum absolute atomic E-state index is 0.0490. The largest absolute Gasteiger partial charge is 0.497 e. The number of rotatable bonds is 17. The Morgan fingerprint density at radius 2 is 1.61 bits per heavy atom. The lowest BCUT2D eigenvalue weighted by Gasteiger charge is -2.31. The van der Waals surface area contributed by atoms with Gasteiger partial charge in [-0.3, -0.25) is 13.7 Å². The Bertz CT molecular complexity index is 1410. The van der Waals surface area contributed by atoms with E-state index in [1.807, 2.05) is 60.7 Å². The van der Waals surface area contributed by atoms with Crippen molar-refractivity contribution in [1.29, 1.82) is 0 Å². The number of carbonyl (C=O) groups is 1. The van der Waals surface area contributed by atoms with Gasteiger partial charge in [0, 0.05) is 27.3 Å². The number of benzene rings is 2. The minimum atomic E-state index is -3.84. The summed E-state index contributed by atoms with van der Waals surface area (Å²) in [6.45, 7) is 5.27. The van der Waals surface area contributed by atoms with Crippen molar-refractivity contribution < 1.29 is 22.2 Å². The van der Waals surface area contributed by atoms with E-state index < -0.39 is 30.6 Å². The van der Waals surface area contributed by atoms with Crippen molar-refractivity contribution in [2.45, 2.75) is 37.6 Å². The quantitative estimate of drug-likeness (QED) is 0.206. The van der Waals surface area contributed by atoms with Gasteiger partial charge in [0.15, 0.2) is 0 Å². The molecule has 0 fully saturated rings. The minimum Gasteiger partial charge on any atom is -0.497 e. The molecule has 0 aliphatic carbocycles. The highest BCUT2D eigenvalue weighted by molar-refractivity contribution is 8.32. The van der Waals surface area contributed by atoms with Gasteiger partial charge in [-0.25, -0.2) is 8.42 Å². The molecule has 0 aliphatic rings. The van der Waals surface area contributed by atoms with Gasteiger partial charge in [-0.15, -0.1) is 0 Å². The Morgan fingerprint density at radius 1 is 1.02 bits per heavy atom. The summed E-state index contributed by atoms with van der Waals surface area (Å²) in [5.41, 5.74) is 2.25. The number of hydrogen-bond acceptors (Lipinski definition) is 7. The number of sulfonamides is 1. The molecular weight excluding hydrogens is 579 g/mol. The van der Waals surface area contributed by atoms with E-state index >= 15 is 0 Å². The molecule has 2 aromatic carbocycles. The summed E-state index contributed by atoms with van der Waals surface area (Å²) in [4.78, 5) is 15.1. The average Bonchev–Trinajstić information content (AvgIpc) is 2.94. The Balaban J connectivity index is 2.24. The molecule has 0 aliphatic heterocycles. The van der Waals surface area contributed by atoms with Crippen LogP contribution >= 0.6 is 0 Å². The van der Waals surface area contributed by atoms with Crippen molar-refractivity contribution in [3.63, 3.8) is 0 Å². The Kier molecular flexibility index (Phi) is 13.7. The van der Waals surface area contributed by atoms with Gasteiger partial charge in [-0.2, -0.15) is 0 Å². The maximum Gasteiger partial charge on any atom is 0.240 e. The molecule has 41 heavy (non-hydrogen) atoms. The van der Waals surface area contributed by atoms with Crippen molar-refractivity contribution in [3.8, 4) is 0 Å². The lowest BCUT2D eigenvalue weighted by atomic mass is 10.0. The Morgan fingerprint density at radius 3 is 2.15 bits per heavy atom. The number of nitrogens with one attached hydrogen (secondary N) is 2. The lowest BCUT2D eigenvalue weighted by Crippen LogP contribution is -2.52. The molecule has 3 atom stereocenters. The van der Waals surface area contributed by atoms with E-state index in [9.17, 15) is 17.4 Å². The molecule has 0 spiro atoms. The van der Waals surface area contributed by atoms with Crippen LogP contribution in [0.15, 0.2) is 96.9 Å². The van der Waals surface area contributed by atoms with Crippen LogP contribution in [0.25, 0.3) is 0 Å². The number of nitrogens with zero attached hydrogens (tertiary/aromatic N) is 1. The molecule has 0 bridgehead atoms. The van der Waals surface area contributed by atoms with Gasteiger partial charge < -0.3 is 15.0 Å². The standard InChI is InChI=1S/C30H41N3O5S3/c1-6-28(38-5)20-17-24(2)32-41(36,37)22-27(19-18-25-13-9-7-10-14-25)33(4)30(34)29(31-3)23-40(35,39)21-26-15-11-8-12-16-26/h6-17,20,27,29,31-32H,1,18-19,21-23H2,2-5H3/b24-17+,28-20+. The lowest BCUT2D eigenvalue weighted by molar-refractivity contribution is -0.133. The number of aryl methyl sites for hydroxylation is 1. The van der Waals surface area contributed by atoms with Crippen molar-refractivity contribution in [3.05, 3.63) is 108 Å². The topological polar surface area (TPSA) is 105 Å². The first kappa shape index (κ1) is 34.2. The monoisotopic (exact) mass is 619 g/mol. The fourth-order valence-electron chi connectivity index (χ4n) is 4.21. The summed E-state index contributed by atoms with van der Waals surface area (Å²) >= 11 is 5.44. The maximum absolute atomic E-state index is 13.6. The molecule has 2 rings (SSSR count). The zero-order chi connectivity index (χ0) is 30.5. The van der Waals surface area contributed by atoms with Gasteiger partial charge in [-0.1, -0.05) is 67.2 Å². The first-order valence-corrected chi connectivity index (χ1v) is 17.6. The van der Waals surface area contributed by atoms with Crippen LogP contribution < -0.4 is 10.0 Å². The van der Waals surface area contributed by atoms with Crippen molar-refractivity contribution in [2.75, 3.05) is 32.7 Å². The SMILES string of the molecule is C=C/C(=C\C=C(/C)NS(=O)(=O)CC(CCc1ccccc1)N(C)C(=O)C(CS(=O)(=S)Cc1ccccc1)NC)OC. The van der Waals surface area contributed by atoms with E-state index in [0.29, 0.717) is 24.3 Å². The highest BCUT2D eigenvalue weighted by Gasteiger charge is 2.31. The van der Waals surface area contributed by atoms with Crippen molar-refractivity contribution >= 4 is 35.6 Å². The van der Waals surface area contributed by atoms with Gasteiger partial charge in [0.25, 0.3) is 0 Å². The molecule has 2 aromatic rings. The third-order valence-corrected chi connectivity index (χ3v) is 10.3. The summed E-state index contributed by atoms with van der Waals surface area (Å²) in [5.74, 6) is -0.0768. The number of ether oxygens (including phenoxy) is 1. The highest BCUT2D eigenvalue weighted by atomic mass is 32.8. The summed E-state index contributed by atoms with van der Waals surface area (Å²) in [5, 5.41) is 2.95. The third kappa shape index (κ3) is 12.2. The summed E-state index contributed by atoms with van der Waals surface area (Å²) < 4.78 is 47.4. The van der Waals surface area contributed by atoms with E-state index in [2.05, 4.69) is 16.6 Å².